The molecule has 0 aliphatic carbocycles. The third-order valence-electron chi connectivity index (χ3n) is 9.73. The third kappa shape index (κ3) is 4.47. The van der Waals surface area contributed by atoms with Crippen LogP contribution in [0, 0.1) is 0 Å². The van der Waals surface area contributed by atoms with E-state index in [4.69, 9.17) is 4.42 Å². The Morgan fingerprint density at radius 3 is 1.47 bits per heavy atom. The standard InChI is InChI=1S/C48H30O/c1-2-12-33(13-3-1)47-39-16-6-8-18-41(39)48(42-19-9-7-17-40(42)47)34-23-21-31(22-24-34)35-25-27-45-43(29-35)44-30-36(26-28-46(44)49-45)38-20-10-14-32-11-4-5-15-37(32)38/h1-30H/i21D,22D,23D,24D. The number of hydrogen-bond acceptors (Lipinski definition) is 1. The van der Waals surface area contributed by atoms with Gasteiger partial charge >= 0.3 is 0 Å². The van der Waals surface area contributed by atoms with Gasteiger partial charge < -0.3 is 4.42 Å². The molecule has 0 saturated carbocycles. The highest BCUT2D eigenvalue weighted by Crippen LogP contribution is 2.44. The normalized spacial score (nSPS) is 12.8. The summed E-state index contributed by atoms with van der Waals surface area (Å²) in [6, 6.07) is 52.6. The molecule has 49 heavy (non-hydrogen) atoms. The Kier molecular flexibility index (Phi) is 5.38. The van der Waals surface area contributed by atoms with Crippen molar-refractivity contribution >= 4 is 54.3 Å². The number of furan rings is 1. The van der Waals surface area contributed by atoms with E-state index in [-0.39, 0.29) is 29.7 Å². The summed E-state index contributed by atoms with van der Waals surface area (Å²) in [5.74, 6) is 0. The number of rotatable bonds is 4. The van der Waals surface area contributed by atoms with Crippen molar-refractivity contribution in [2.75, 3.05) is 0 Å². The Morgan fingerprint density at radius 2 is 0.816 bits per heavy atom. The van der Waals surface area contributed by atoms with Crippen molar-refractivity contribution in [2.24, 2.45) is 0 Å². The Bertz CT molecular complexity index is 3020. The van der Waals surface area contributed by atoms with Gasteiger partial charge in [-0.05, 0) is 101 Å². The molecular formula is C48H30O. The monoisotopic (exact) mass is 626 g/mol. The fourth-order valence-corrected chi connectivity index (χ4v) is 7.47. The highest BCUT2D eigenvalue weighted by atomic mass is 16.3. The second-order valence-electron chi connectivity index (χ2n) is 12.5. The van der Waals surface area contributed by atoms with Gasteiger partial charge in [-0.15, -0.1) is 0 Å². The molecule has 0 amide bonds. The van der Waals surface area contributed by atoms with Crippen LogP contribution in [-0.2, 0) is 0 Å². The first-order chi connectivity index (χ1) is 26.0. The first-order valence-corrected chi connectivity index (χ1v) is 16.5. The molecule has 0 aliphatic rings. The molecule has 1 heterocycles. The average Bonchev–Trinajstić information content (AvgIpc) is 3.57. The van der Waals surface area contributed by atoms with E-state index in [2.05, 4.69) is 72.8 Å². The van der Waals surface area contributed by atoms with Crippen molar-refractivity contribution in [2.45, 2.75) is 0 Å². The van der Waals surface area contributed by atoms with E-state index in [1.165, 1.54) is 10.8 Å². The topological polar surface area (TPSA) is 13.1 Å². The zero-order valence-electron chi connectivity index (χ0n) is 30.4. The van der Waals surface area contributed by atoms with Gasteiger partial charge in [0.15, 0.2) is 0 Å². The lowest BCUT2D eigenvalue weighted by atomic mass is 9.86. The molecule has 1 heteroatoms. The summed E-state index contributed by atoms with van der Waals surface area (Å²) in [6.07, 6.45) is 0. The van der Waals surface area contributed by atoms with E-state index in [1.807, 2.05) is 84.9 Å². The second kappa shape index (κ2) is 11.1. The van der Waals surface area contributed by atoms with Crippen molar-refractivity contribution in [3.8, 4) is 44.5 Å². The van der Waals surface area contributed by atoms with Gasteiger partial charge in [0.2, 0.25) is 0 Å². The molecule has 228 valence electrons. The maximum Gasteiger partial charge on any atom is 0.135 e. The summed E-state index contributed by atoms with van der Waals surface area (Å²) in [5, 5.41) is 7.87. The van der Waals surface area contributed by atoms with Gasteiger partial charge in [-0.3, -0.25) is 0 Å². The van der Waals surface area contributed by atoms with Gasteiger partial charge in [-0.1, -0.05) is 158 Å². The van der Waals surface area contributed by atoms with Crippen LogP contribution in [0.2, 0.25) is 0 Å². The van der Waals surface area contributed by atoms with Crippen LogP contribution < -0.4 is 0 Å². The number of fused-ring (bicyclic) bond motifs is 6. The van der Waals surface area contributed by atoms with Crippen LogP contribution in [0.25, 0.3) is 98.8 Å². The zero-order chi connectivity index (χ0) is 35.8. The smallest absolute Gasteiger partial charge is 0.135 e. The predicted octanol–water partition coefficient (Wildman–Crippen LogP) is 13.7. The molecule has 10 rings (SSSR count). The van der Waals surface area contributed by atoms with Crippen molar-refractivity contribution in [1.29, 1.82) is 0 Å². The first-order valence-electron chi connectivity index (χ1n) is 18.5. The second-order valence-corrected chi connectivity index (χ2v) is 12.5. The molecule has 1 nitrogen and oxygen atoms in total. The van der Waals surface area contributed by atoms with E-state index in [1.54, 1.807) is 0 Å². The van der Waals surface area contributed by atoms with Gasteiger partial charge in [-0.2, -0.15) is 0 Å². The molecule has 0 atom stereocenters. The highest BCUT2D eigenvalue weighted by molar-refractivity contribution is 6.21. The third-order valence-corrected chi connectivity index (χ3v) is 9.73. The minimum Gasteiger partial charge on any atom is -0.456 e. The Labute approximate surface area is 289 Å². The summed E-state index contributed by atoms with van der Waals surface area (Å²) in [4.78, 5) is 0. The van der Waals surface area contributed by atoms with Gasteiger partial charge in [0.1, 0.15) is 11.2 Å². The lowest BCUT2D eigenvalue weighted by molar-refractivity contribution is 0.669. The van der Waals surface area contributed by atoms with Crippen LogP contribution >= 0.6 is 0 Å². The molecule has 0 fully saturated rings. The Hall–Kier alpha value is -6.44. The molecule has 0 bridgehead atoms. The van der Waals surface area contributed by atoms with Crippen molar-refractivity contribution in [3.63, 3.8) is 0 Å². The molecule has 0 saturated heterocycles. The molecule has 0 unspecified atom stereocenters. The zero-order valence-corrected chi connectivity index (χ0v) is 26.4. The highest BCUT2D eigenvalue weighted by Gasteiger charge is 2.17. The average molecular weight is 627 g/mol. The van der Waals surface area contributed by atoms with Crippen molar-refractivity contribution in [3.05, 3.63) is 182 Å². The van der Waals surface area contributed by atoms with E-state index in [0.29, 0.717) is 22.3 Å². The molecule has 9 aromatic carbocycles. The van der Waals surface area contributed by atoms with Crippen LogP contribution in [0.3, 0.4) is 0 Å². The molecule has 1 aromatic heterocycles. The maximum atomic E-state index is 9.47. The summed E-state index contributed by atoms with van der Waals surface area (Å²) in [6.45, 7) is 0. The number of hydrogen-bond donors (Lipinski definition) is 0. The molecule has 0 spiro atoms. The van der Waals surface area contributed by atoms with Crippen LogP contribution in [0.4, 0.5) is 0 Å². The fourth-order valence-electron chi connectivity index (χ4n) is 7.47. The van der Waals surface area contributed by atoms with Crippen LogP contribution in [0.5, 0.6) is 0 Å². The van der Waals surface area contributed by atoms with Crippen LogP contribution in [-0.4, -0.2) is 0 Å². The molecular weight excluding hydrogens is 593 g/mol. The summed E-state index contributed by atoms with van der Waals surface area (Å²) < 4.78 is 44.0. The number of benzene rings is 9. The van der Waals surface area contributed by atoms with Gasteiger partial charge in [0, 0.05) is 10.8 Å². The van der Waals surface area contributed by atoms with E-state index < -0.39 is 0 Å². The fraction of sp³-hybridized carbons (Fsp3) is 0. The summed E-state index contributed by atoms with van der Waals surface area (Å²) in [7, 11) is 0. The first kappa shape index (κ1) is 23.8. The van der Waals surface area contributed by atoms with Crippen LogP contribution in [0.15, 0.2) is 186 Å². The van der Waals surface area contributed by atoms with Crippen molar-refractivity contribution in [1.82, 2.24) is 0 Å². The SMILES string of the molecule is [2H]c1c([2H])c(-c2c3ccccc3c(-c3ccccc3)c3ccccc23)c([2H])c([2H])c1-c1ccc2oc3ccc(-c4cccc5ccccc45)cc3c2c1. The van der Waals surface area contributed by atoms with Gasteiger partial charge in [0.05, 0.1) is 5.48 Å². The van der Waals surface area contributed by atoms with Crippen LogP contribution in [0.1, 0.15) is 5.48 Å². The predicted molar refractivity (Wildman–Crippen MR) is 208 cm³/mol. The molecule has 0 radical (unpaired) electrons. The molecule has 10 aromatic rings. The lowest BCUT2D eigenvalue weighted by Gasteiger charge is -2.18. The van der Waals surface area contributed by atoms with Gasteiger partial charge in [-0.25, -0.2) is 0 Å². The molecule has 0 aliphatic heterocycles. The quantitative estimate of drug-likeness (QED) is 0.177. The maximum absolute atomic E-state index is 9.47. The van der Waals surface area contributed by atoms with E-state index >= 15 is 0 Å². The molecule has 0 N–H and O–H groups in total. The lowest BCUT2D eigenvalue weighted by Crippen LogP contribution is -1.90. The largest absolute Gasteiger partial charge is 0.456 e. The Morgan fingerprint density at radius 1 is 0.327 bits per heavy atom. The van der Waals surface area contributed by atoms with Gasteiger partial charge in [0.25, 0.3) is 0 Å². The minimum atomic E-state index is -0.0788. The van der Waals surface area contributed by atoms with Crippen molar-refractivity contribution < 1.29 is 9.90 Å². The van der Waals surface area contributed by atoms with E-state index in [0.717, 1.165) is 60.2 Å². The van der Waals surface area contributed by atoms with E-state index in [9.17, 15) is 5.48 Å². The summed E-state index contributed by atoms with van der Waals surface area (Å²) >= 11 is 0. The Balaban J connectivity index is 1.18. The summed E-state index contributed by atoms with van der Waals surface area (Å²) in [5.41, 5.74) is 7.66. The minimum absolute atomic E-state index is 0.0702.